The lowest BCUT2D eigenvalue weighted by atomic mass is 9.77. The Labute approximate surface area is 113 Å². The molecule has 100 valence electrons. The van der Waals surface area contributed by atoms with Gasteiger partial charge in [0.25, 0.3) is 0 Å². The van der Waals surface area contributed by atoms with E-state index in [1.807, 2.05) is 6.07 Å². The molecule has 0 amide bonds. The molecule has 1 aromatic rings. The van der Waals surface area contributed by atoms with Gasteiger partial charge in [-0.15, -0.1) is 0 Å². The monoisotopic (exact) mass is 258 g/mol. The first kappa shape index (κ1) is 12.3. The maximum absolute atomic E-state index is 12.7. The zero-order valence-electron chi connectivity index (χ0n) is 11.5. The van der Waals surface area contributed by atoms with E-state index in [1.165, 1.54) is 0 Å². The highest BCUT2D eigenvalue weighted by molar-refractivity contribution is 6.06. The van der Waals surface area contributed by atoms with Crippen molar-refractivity contribution in [3.8, 4) is 11.5 Å². The normalized spacial score (nSPS) is 27.9. The number of ether oxygens (including phenoxy) is 2. The molecule has 2 aliphatic carbocycles. The number of hydrogen-bond acceptors (Lipinski definition) is 3. The zero-order chi connectivity index (χ0) is 13.6. The van der Waals surface area contributed by atoms with Gasteiger partial charge in [-0.3, -0.25) is 4.79 Å². The lowest BCUT2D eigenvalue weighted by molar-refractivity contribution is 0.0890. The van der Waals surface area contributed by atoms with Crippen LogP contribution in [0.1, 0.15) is 35.2 Å². The first-order valence-electron chi connectivity index (χ1n) is 6.64. The van der Waals surface area contributed by atoms with Crippen LogP contribution in [0.25, 0.3) is 0 Å². The van der Waals surface area contributed by atoms with Crippen LogP contribution in [0.5, 0.6) is 11.5 Å². The van der Waals surface area contributed by atoms with Crippen molar-refractivity contribution in [2.45, 2.75) is 19.3 Å². The summed E-state index contributed by atoms with van der Waals surface area (Å²) in [5.74, 6) is 2.23. The summed E-state index contributed by atoms with van der Waals surface area (Å²) in [6.07, 6.45) is 5.25. The van der Waals surface area contributed by atoms with Gasteiger partial charge in [-0.25, -0.2) is 0 Å². The van der Waals surface area contributed by atoms with Crippen LogP contribution >= 0.6 is 0 Å². The predicted octanol–water partition coefficient (Wildman–Crippen LogP) is 3.20. The number of methoxy groups -OCH3 is 2. The quantitative estimate of drug-likeness (QED) is 0.764. The van der Waals surface area contributed by atoms with E-state index in [9.17, 15) is 4.79 Å². The first-order chi connectivity index (χ1) is 9.17. The predicted molar refractivity (Wildman–Crippen MR) is 73.0 cm³/mol. The Morgan fingerprint density at radius 1 is 1.21 bits per heavy atom. The fourth-order valence-corrected chi connectivity index (χ4v) is 3.43. The highest BCUT2D eigenvalue weighted by atomic mass is 16.5. The number of allylic oxidation sites excluding steroid dienone is 2. The van der Waals surface area contributed by atoms with Crippen molar-refractivity contribution in [1.29, 1.82) is 0 Å². The molecule has 0 aliphatic heterocycles. The summed E-state index contributed by atoms with van der Waals surface area (Å²) in [7, 11) is 3.24. The smallest absolute Gasteiger partial charge is 0.171 e. The average Bonchev–Trinajstić information content (AvgIpc) is 2.72. The lowest BCUT2D eigenvalue weighted by Crippen LogP contribution is -2.23. The minimum atomic E-state index is 0.0565. The first-order valence-corrected chi connectivity index (χ1v) is 6.64. The van der Waals surface area contributed by atoms with E-state index in [1.54, 1.807) is 20.3 Å². The van der Waals surface area contributed by atoms with Crippen molar-refractivity contribution in [2.24, 2.45) is 11.8 Å². The van der Waals surface area contributed by atoms with Crippen molar-refractivity contribution in [2.75, 3.05) is 14.2 Å². The van der Waals surface area contributed by atoms with E-state index < -0.39 is 0 Å². The number of fused-ring (bicyclic) bond motifs is 3. The van der Waals surface area contributed by atoms with Gasteiger partial charge in [0.1, 0.15) is 11.5 Å². The Morgan fingerprint density at radius 3 is 2.68 bits per heavy atom. The third kappa shape index (κ3) is 1.68. The molecule has 3 rings (SSSR count). The lowest BCUT2D eigenvalue weighted by Gasteiger charge is -2.26. The van der Waals surface area contributed by atoms with Gasteiger partial charge in [0.2, 0.25) is 0 Å². The molecule has 0 aromatic heterocycles. The third-order valence-corrected chi connectivity index (χ3v) is 4.34. The van der Waals surface area contributed by atoms with Crippen LogP contribution in [0.4, 0.5) is 0 Å². The van der Waals surface area contributed by atoms with Gasteiger partial charge in [0.15, 0.2) is 5.78 Å². The van der Waals surface area contributed by atoms with Crippen LogP contribution in [0.2, 0.25) is 0 Å². The summed E-state index contributed by atoms with van der Waals surface area (Å²) in [4.78, 5) is 12.7. The summed E-state index contributed by atoms with van der Waals surface area (Å²) in [5, 5.41) is 0. The SMILES string of the molecule is COc1cc(OC)c2c(c1)[C@@H]1CC=CC(C)[C@@H]1C2=O. The molecule has 0 bridgehead atoms. The van der Waals surface area contributed by atoms with Crippen molar-refractivity contribution in [1.82, 2.24) is 0 Å². The van der Waals surface area contributed by atoms with Crippen LogP contribution in [0.15, 0.2) is 24.3 Å². The number of Topliss-reactive ketones (excluding diaryl/α,β-unsaturated/α-hetero) is 1. The molecule has 3 heteroatoms. The Kier molecular flexibility index (Phi) is 2.85. The molecule has 1 unspecified atom stereocenters. The third-order valence-electron chi connectivity index (χ3n) is 4.34. The van der Waals surface area contributed by atoms with Crippen LogP contribution in [0.3, 0.4) is 0 Å². The van der Waals surface area contributed by atoms with E-state index in [0.29, 0.717) is 5.75 Å². The highest BCUT2D eigenvalue weighted by Crippen LogP contribution is 2.50. The van der Waals surface area contributed by atoms with Crippen molar-refractivity contribution < 1.29 is 14.3 Å². The zero-order valence-corrected chi connectivity index (χ0v) is 11.5. The Bertz CT molecular complexity index is 559. The van der Waals surface area contributed by atoms with Crippen molar-refractivity contribution >= 4 is 5.78 Å². The minimum absolute atomic E-state index is 0.0565. The molecule has 2 aliphatic rings. The van der Waals surface area contributed by atoms with E-state index in [4.69, 9.17) is 9.47 Å². The number of hydrogen-bond donors (Lipinski definition) is 0. The Balaban J connectivity index is 2.18. The standard InChI is InChI=1S/C16H18O3/c1-9-5-4-6-11-12-7-10(18-2)8-13(19-3)15(12)16(17)14(9)11/h4-5,7-9,11,14H,6H2,1-3H3/t9?,11-,14-/m0/s1. The molecule has 0 saturated carbocycles. The fraction of sp³-hybridized carbons (Fsp3) is 0.438. The number of benzene rings is 1. The van der Waals surface area contributed by atoms with Crippen LogP contribution in [0, 0.1) is 11.8 Å². The number of rotatable bonds is 2. The minimum Gasteiger partial charge on any atom is -0.497 e. The molecular weight excluding hydrogens is 240 g/mol. The number of ketones is 1. The molecule has 0 N–H and O–H groups in total. The molecule has 19 heavy (non-hydrogen) atoms. The van der Waals surface area contributed by atoms with Gasteiger partial charge >= 0.3 is 0 Å². The molecule has 0 fully saturated rings. The molecule has 3 nitrogen and oxygen atoms in total. The van der Waals surface area contributed by atoms with Gasteiger partial charge in [-0.05, 0) is 29.9 Å². The van der Waals surface area contributed by atoms with Gasteiger partial charge in [0, 0.05) is 12.0 Å². The van der Waals surface area contributed by atoms with Crippen LogP contribution in [-0.4, -0.2) is 20.0 Å². The molecular formula is C16H18O3. The maximum atomic E-state index is 12.7. The highest BCUT2D eigenvalue weighted by Gasteiger charge is 2.44. The molecule has 0 saturated heterocycles. The van der Waals surface area contributed by atoms with Gasteiger partial charge < -0.3 is 9.47 Å². The van der Waals surface area contributed by atoms with Gasteiger partial charge in [-0.2, -0.15) is 0 Å². The molecule has 0 heterocycles. The van der Waals surface area contributed by atoms with E-state index in [2.05, 4.69) is 19.1 Å². The van der Waals surface area contributed by atoms with Crippen molar-refractivity contribution in [3.05, 3.63) is 35.4 Å². The average molecular weight is 258 g/mol. The second-order valence-corrected chi connectivity index (χ2v) is 5.31. The number of carbonyl (C=O) groups excluding carboxylic acids is 1. The summed E-state index contributed by atoms with van der Waals surface area (Å²) in [6, 6.07) is 3.79. The molecule has 0 radical (unpaired) electrons. The van der Waals surface area contributed by atoms with Gasteiger partial charge in [0.05, 0.1) is 19.8 Å². The summed E-state index contributed by atoms with van der Waals surface area (Å²) in [5.41, 5.74) is 1.84. The van der Waals surface area contributed by atoms with Crippen LogP contribution in [-0.2, 0) is 0 Å². The Morgan fingerprint density at radius 2 is 2.00 bits per heavy atom. The molecule has 1 aromatic carbocycles. The topological polar surface area (TPSA) is 35.5 Å². The van der Waals surface area contributed by atoms with E-state index >= 15 is 0 Å². The van der Waals surface area contributed by atoms with E-state index in [-0.39, 0.29) is 23.5 Å². The summed E-state index contributed by atoms with van der Waals surface area (Å²) in [6.45, 7) is 2.11. The summed E-state index contributed by atoms with van der Waals surface area (Å²) >= 11 is 0. The molecule has 3 atom stereocenters. The summed E-state index contributed by atoms with van der Waals surface area (Å²) < 4.78 is 10.7. The number of carbonyl (C=O) groups is 1. The van der Waals surface area contributed by atoms with Gasteiger partial charge in [-0.1, -0.05) is 19.1 Å². The fourth-order valence-electron chi connectivity index (χ4n) is 3.43. The van der Waals surface area contributed by atoms with Crippen molar-refractivity contribution in [3.63, 3.8) is 0 Å². The second kappa shape index (κ2) is 4.41. The molecule has 0 spiro atoms. The largest absolute Gasteiger partial charge is 0.497 e. The Hall–Kier alpha value is -1.77. The maximum Gasteiger partial charge on any atom is 0.171 e. The van der Waals surface area contributed by atoms with E-state index in [0.717, 1.165) is 23.3 Å². The second-order valence-electron chi connectivity index (χ2n) is 5.31. The van der Waals surface area contributed by atoms with Crippen LogP contribution < -0.4 is 9.47 Å².